The molecule has 0 aliphatic heterocycles. The van der Waals surface area contributed by atoms with Crippen molar-refractivity contribution >= 4 is 10.8 Å². The van der Waals surface area contributed by atoms with Gasteiger partial charge in [-0.05, 0) is 18.8 Å². The van der Waals surface area contributed by atoms with Gasteiger partial charge in [-0.2, -0.15) is 0 Å². The molecule has 1 fully saturated rings. The van der Waals surface area contributed by atoms with Crippen LogP contribution in [0.3, 0.4) is 0 Å². The molecule has 3 heteroatoms. The highest BCUT2D eigenvalue weighted by Crippen LogP contribution is 2.28. The second kappa shape index (κ2) is 7.41. The third-order valence-corrected chi connectivity index (χ3v) is 4.34. The predicted molar refractivity (Wildman–Crippen MR) is 60.9 cm³/mol. The van der Waals surface area contributed by atoms with Crippen LogP contribution in [0.1, 0.15) is 38.5 Å². The van der Waals surface area contributed by atoms with Crippen molar-refractivity contribution in [2.24, 2.45) is 5.92 Å². The van der Waals surface area contributed by atoms with Crippen molar-refractivity contribution in [3.8, 4) is 0 Å². The van der Waals surface area contributed by atoms with Gasteiger partial charge in [-0.15, -0.1) is 0 Å². The third-order valence-electron chi connectivity index (χ3n) is 2.97. The van der Waals surface area contributed by atoms with E-state index in [1.165, 1.54) is 32.1 Å². The van der Waals surface area contributed by atoms with Crippen LogP contribution in [0.4, 0.5) is 0 Å². The second-order valence-corrected chi connectivity index (χ2v) is 5.83. The van der Waals surface area contributed by atoms with Gasteiger partial charge in [-0.1, -0.05) is 25.7 Å². The zero-order valence-electron chi connectivity index (χ0n) is 9.17. The molecule has 1 atom stereocenters. The largest absolute Gasteiger partial charge is 0.384 e. The molecular weight excluding hydrogens is 196 g/mol. The number of methoxy groups -OCH3 is 1. The van der Waals surface area contributed by atoms with E-state index in [9.17, 15) is 4.21 Å². The highest BCUT2D eigenvalue weighted by Gasteiger charge is 2.14. The van der Waals surface area contributed by atoms with Gasteiger partial charge in [-0.25, -0.2) is 0 Å². The molecule has 0 heterocycles. The first-order valence-electron chi connectivity index (χ1n) is 5.67. The number of ether oxygens (including phenoxy) is 1. The van der Waals surface area contributed by atoms with Crippen molar-refractivity contribution < 1.29 is 8.95 Å². The van der Waals surface area contributed by atoms with Gasteiger partial charge < -0.3 is 4.74 Å². The lowest BCUT2D eigenvalue weighted by molar-refractivity contribution is 0.218. The first kappa shape index (κ1) is 12.2. The molecule has 1 aliphatic carbocycles. The van der Waals surface area contributed by atoms with Crippen LogP contribution in [0.15, 0.2) is 0 Å². The molecule has 0 unspecified atom stereocenters. The fourth-order valence-corrected chi connectivity index (χ4v) is 3.16. The predicted octanol–water partition coefficient (Wildman–Crippen LogP) is 2.35. The molecule has 14 heavy (non-hydrogen) atoms. The minimum atomic E-state index is -0.645. The normalized spacial score (nSPS) is 20.1. The lowest BCUT2D eigenvalue weighted by Gasteiger charge is -2.07. The minimum absolute atomic E-state index is 0.635. The van der Waals surface area contributed by atoms with Gasteiger partial charge in [0.25, 0.3) is 0 Å². The summed E-state index contributed by atoms with van der Waals surface area (Å²) in [7, 11) is 1.02. The van der Waals surface area contributed by atoms with Crippen LogP contribution in [0.25, 0.3) is 0 Å². The van der Waals surface area contributed by atoms with Gasteiger partial charge in [0.2, 0.25) is 0 Å². The highest BCUT2D eigenvalue weighted by atomic mass is 32.2. The van der Waals surface area contributed by atoms with Gasteiger partial charge >= 0.3 is 0 Å². The Hall–Kier alpha value is 0.110. The molecular formula is C11H22O2S. The topological polar surface area (TPSA) is 26.3 Å². The number of rotatable bonds is 7. The van der Waals surface area contributed by atoms with Crippen LogP contribution < -0.4 is 0 Å². The van der Waals surface area contributed by atoms with Gasteiger partial charge in [0, 0.05) is 29.4 Å². The Morgan fingerprint density at radius 2 is 2.00 bits per heavy atom. The maximum Gasteiger partial charge on any atom is 0.0577 e. The summed E-state index contributed by atoms with van der Waals surface area (Å²) >= 11 is 0. The molecule has 84 valence electrons. The van der Waals surface area contributed by atoms with Crippen molar-refractivity contribution in [3.63, 3.8) is 0 Å². The molecule has 0 bridgehead atoms. The zero-order valence-corrected chi connectivity index (χ0v) is 9.98. The van der Waals surface area contributed by atoms with E-state index in [0.717, 1.165) is 18.1 Å². The highest BCUT2D eigenvalue weighted by molar-refractivity contribution is 7.84. The van der Waals surface area contributed by atoms with Crippen molar-refractivity contribution in [2.75, 3.05) is 25.2 Å². The smallest absolute Gasteiger partial charge is 0.0577 e. The standard InChI is InChI=1S/C11H22O2S/c1-13-8-10-14(12)9-4-7-11-5-2-3-6-11/h11H,2-10H2,1H3/t14-/m0/s1. The molecule has 0 saturated heterocycles. The van der Waals surface area contributed by atoms with Crippen molar-refractivity contribution in [1.82, 2.24) is 0 Å². The van der Waals surface area contributed by atoms with E-state index in [-0.39, 0.29) is 0 Å². The fraction of sp³-hybridized carbons (Fsp3) is 1.00. The fourth-order valence-electron chi connectivity index (χ4n) is 2.11. The molecule has 1 saturated carbocycles. The van der Waals surface area contributed by atoms with E-state index < -0.39 is 10.8 Å². The van der Waals surface area contributed by atoms with E-state index in [2.05, 4.69) is 0 Å². The summed E-state index contributed by atoms with van der Waals surface area (Å²) in [6.07, 6.45) is 8.07. The minimum Gasteiger partial charge on any atom is -0.384 e. The summed E-state index contributed by atoms with van der Waals surface area (Å²) in [6.45, 7) is 0.635. The third kappa shape index (κ3) is 5.11. The molecule has 0 aromatic rings. The molecule has 1 aliphatic rings. The molecule has 0 aromatic heterocycles. The maximum atomic E-state index is 11.4. The number of hydrogen-bond acceptors (Lipinski definition) is 2. The average molecular weight is 218 g/mol. The summed E-state index contributed by atoms with van der Waals surface area (Å²) in [5, 5.41) is 0. The Morgan fingerprint density at radius 1 is 1.29 bits per heavy atom. The first-order chi connectivity index (χ1) is 6.83. The lowest BCUT2D eigenvalue weighted by atomic mass is 10.0. The molecule has 0 radical (unpaired) electrons. The van der Waals surface area contributed by atoms with Crippen LogP contribution in [0.2, 0.25) is 0 Å². The monoisotopic (exact) mass is 218 g/mol. The SMILES string of the molecule is COCC[S@@](=O)CCCC1CCCC1. The summed E-state index contributed by atoms with van der Waals surface area (Å²) in [6, 6.07) is 0. The summed E-state index contributed by atoms with van der Waals surface area (Å²) in [5.41, 5.74) is 0. The van der Waals surface area contributed by atoms with E-state index in [1.54, 1.807) is 7.11 Å². The quantitative estimate of drug-likeness (QED) is 0.655. The molecule has 0 amide bonds. The molecule has 2 nitrogen and oxygen atoms in total. The number of hydrogen-bond donors (Lipinski definition) is 0. The van der Waals surface area contributed by atoms with Crippen molar-refractivity contribution in [1.29, 1.82) is 0 Å². The Bertz CT molecular complexity index is 165. The van der Waals surface area contributed by atoms with Crippen LogP contribution >= 0.6 is 0 Å². The Balaban J connectivity index is 1.94. The van der Waals surface area contributed by atoms with Crippen molar-refractivity contribution in [3.05, 3.63) is 0 Å². The van der Waals surface area contributed by atoms with E-state index in [1.807, 2.05) is 0 Å². The molecule has 0 aromatic carbocycles. The summed E-state index contributed by atoms with van der Waals surface area (Å²) < 4.78 is 16.3. The van der Waals surface area contributed by atoms with Crippen molar-refractivity contribution in [2.45, 2.75) is 38.5 Å². The summed E-state index contributed by atoms with van der Waals surface area (Å²) in [4.78, 5) is 0. The summed E-state index contributed by atoms with van der Waals surface area (Å²) in [5.74, 6) is 2.52. The maximum absolute atomic E-state index is 11.4. The van der Waals surface area contributed by atoms with Crippen LogP contribution in [-0.2, 0) is 15.5 Å². The Kier molecular flexibility index (Phi) is 6.45. The Morgan fingerprint density at radius 3 is 2.64 bits per heavy atom. The average Bonchev–Trinajstić information content (AvgIpc) is 2.67. The molecule has 0 spiro atoms. The van der Waals surface area contributed by atoms with E-state index in [0.29, 0.717) is 12.4 Å². The van der Waals surface area contributed by atoms with Gasteiger partial charge in [0.05, 0.1) is 6.61 Å². The molecule has 0 N–H and O–H groups in total. The van der Waals surface area contributed by atoms with Crippen LogP contribution in [0, 0.1) is 5.92 Å². The van der Waals surface area contributed by atoms with Crippen LogP contribution in [0.5, 0.6) is 0 Å². The molecule has 1 rings (SSSR count). The lowest BCUT2D eigenvalue weighted by Crippen LogP contribution is -2.08. The van der Waals surface area contributed by atoms with Gasteiger partial charge in [-0.3, -0.25) is 4.21 Å². The van der Waals surface area contributed by atoms with Gasteiger partial charge in [0.1, 0.15) is 0 Å². The second-order valence-electron chi connectivity index (χ2n) is 4.13. The first-order valence-corrected chi connectivity index (χ1v) is 7.15. The Labute approximate surface area is 89.9 Å². The zero-order chi connectivity index (χ0) is 10.2. The van der Waals surface area contributed by atoms with E-state index in [4.69, 9.17) is 4.74 Å². The van der Waals surface area contributed by atoms with E-state index >= 15 is 0 Å². The van der Waals surface area contributed by atoms with Crippen LogP contribution in [-0.4, -0.2) is 29.4 Å². The van der Waals surface area contributed by atoms with Gasteiger partial charge in [0.15, 0.2) is 0 Å².